The lowest BCUT2D eigenvalue weighted by molar-refractivity contribution is -0.153. The molecular formula is C20H37NO5. The SMILES string of the molecule is CCCCCCCCCCCC(=O)NC(CC(=O)OCC)C(=O)OCC. The summed E-state index contributed by atoms with van der Waals surface area (Å²) in [6.45, 7) is 6.03. The van der Waals surface area contributed by atoms with Gasteiger partial charge in [-0.2, -0.15) is 0 Å². The summed E-state index contributed by atoms with van der Waals surface area (Å²) in [6.07, 6.45) is 10.7. The number of rotatable bonds is 16. The highest BCUT2D eigenvalue weighted by Gasteiger charge is 2.25. The quantitative estimate of drug-likeness (QED) is 0.329. The van der Waals surface area contributed by atoms with E-state index in [0.717, 1.165) is 19.3 Å². The summed E-state index contributed by atoms with van der Waals surface area (Å²) in [6, 6.07) is -0.972. The van der Waals surface area contributed by atoms with Crippen molar-refractivity contribution in [3.05, 3.63) is 0 Å². The molecule has 0 aliphatic carbocycles. The van der Waals surface area contributed by atoms with Crippen molar-refractivity contribution in [2.24, 2.45) is 0 Å². The lowest BCUT2D eigenvalue weighted by Gasteiger charge is -2.16. The third-order valence-electron chi connectivity index (χ3n) is 4.09. The van der Waals surface area contributed by atoms with Gasteiger partial charge in [-0.1, -0.05) is 58.3 Å². The predicted octanol–water partition coefficient (Wildman–Crippen LogP) is 3.91. The van der Waals surface area contributed by atoms with E-state index in [2.05, 4.69) is 12.2 Å². The lowest BCUT2D eigenvalue weighted by atomic mass is 10.1. The summed E-state index contributed by atoms with van der Waals surface area (Å²) in [5.41, 5.74) is 0. The Balaban J connectivity index is 4.01. The van der Waals surface area contributed by atoms with Crippen molar-refractivity contribution in [2.75, 3.05) is 13.2 Å². The number of carbonyl (C=O) groups excluding carboxylic acids is 3. The highest BCUT2D eigenvalue weighted by molar-refractivity contribution is 5.88. The fourth-order valence-corrected chi connectivity index (χ4v) is 2.69. The van der Waals surface area contributed by atoms with E-state index in [1.165, 1.54) is 38.5 Å². The molecule has 0 rings (SSSR count). The number of amides is 1. The van der Waals surface area contributed by atoms with Crippen LogP contribution in [0.25, 0.3) is 0 Å². The highest BCUT2D eigenvalue weighted by Crippen LogP contribution is 2.10. The van der Waals surface area contributed by atoms with E-state index in [1.54, 1.807) is 13.8 Å². The van der Waals surface area contributed by atoms with Gasteiger partial charge in [-0.15, -0.1) is 0 Å². The summed E-state index contributed by atoms with van der Waals surface area (Å²) in [5.74, 6) is -1.34. The second kappa shape index (κ2) is 16.9. The molecule has 0 aromatic heterocycles. The first-order valence-corrected chi connectivity index (χ1v) is 10.2. The summed E-state index contributed by atoms with van der Waals surface area (Å²) in [7, 11) is 0. The molecular weight excluding hydrogens is 334 g/mol. The third kappa shape index (κ3) is 13.7. The number of hydrogen-bond acceptors (Lipinski definition) is 5. The normalized spacial score (nSPS) is 11.7. The van der Waals surface area contributed by atoms with Crippen LogP contribution in [0.2, 0.25) is 0 Å². The minimum atomic E-state index is -0.972. The third-order valence-corrected chi connectivity index (χ3v) is 4.09. The molecule has 0 saturated carbocycles. The molecule has 0 aliphatic heterocycles. The molecule has 0 fully saturated rings. The standard InChI is InChI=1S/C20H37NO5/c1-4-7-8-9-10-11-12-13-14-15-18(22)21-17(20(24)26-6-3)16-19(23)25-5-2/h17H,4-16H2,1-3H3,(H,21,22). The van der Waals surface area contributed by atoms with Crippen LogP contribution in [0.4, 0.5) is 0 Å². The maximum absolute atomic E-state index is 12.0. The van der Waals surface area contributed by atoms with E-state index in [0.29, 0.717) is 6.42 Å². The van der Waals surface area contributed by atoms with Gasteiger partial charge >= 0.3 is 11.9 Å². The Labute approximate surface area is 158 Å². The Morgan fingerprint density at radius 3 is 1.85 bits per heavy atom. The second-order valence-corrected chi connectivity index (χ2v) is 6.46. The first-order chi connectivity index (χ1) is 12.5. The van der Waals surface area contributed by atoms with Gasteiger partial charge in [0.05, 0.1) is 19.6 Å². The highest BCUT2D eigenvalue weighted by atomic mass is 16.5. The molecule has 0 aliphatic rings. The van der Waals surface area contributed by atoms with Gasteiger partial charge in [-0.3, -0.25) is 9.59 Å². The van der Waals surface area contributed by atoms with E-state index in [-0.39, 0.29) is 25.5 Å². The van der Waals surface area contributed by atoms with Crippen LogP contribution in [0.3, 0.4) is 0 Å². The zero-order chi connectivity index (χ0) is 19.6. The molecule has 0 aromatic carbocycles. The lowest BCUT2D eigenvalue weighted by Crippen LogP contribution is -2.43. The fraction of sp³-hybridized carbons (Fsp3) is 0.850. The van der Waals surface area contributed by atoms with Crippen LogP contribution >= 0.6 is 0 Å². The van der Waals surface area contributed by atoms with Crippen molar-refractivity contribution in [3.63, 3.8) is 0 Å². The van der Waals surface area contributed by atoms with Crippen molar-refractivity contribution in [1.29, 1.82) is 0 Å². The molecule has 1 N–H and O–H groups in total. The molecule has 1 amide bonds. The second-order valence-electron chi connectivity index (χ2n) is 6.46. The van der Waals surface area contributed by atoms with E-state index in [4.69, 9.17) is 9.47 Å². The molecule has 0 heterocycles. The van der Waals surface area contributed by atoms with Gasteiger partial charge in [0.1, 0.15) is 6.04 Å². The Morgan fingerprint density at radius 2 is 1.31 bits per heavy atom. The van der Waals surface area contributed by atoms with Crippen LogP contribution in [-0.4, -0.2) is 37.1 Å². The van der Waals surface area contributed by atoms with Crippen LogP contribution in [0.1, 0.15) is 91.4 Å². The predicted molar refractivity (Wildman–Crippen MR) is 102 cm³/mol. The van der Waals surface area contributed by atoms with Crippen LogP contribution in [-0.2, 0) is 23.9 Å². The number of carbonyl (C=O) groups is 3. The minimum absolute atomic E-state index is 0.198. The average molecular weight is 372 g/mol. The monoisotopic (exact) mass is 371 g/mol. The smallest absolute Gasteiger partial charge is 0.329 e. The topological polar surface area (TPSA) is 81.7 Å². The van der Waals surface area contributed by atoms with Gasteiger partial charge in [0.15, 0.2) is 0 Å². The van der Waals surface area contributed by atoms with Gasteiger partial charge in [0, 0.05) is 6.42 Å². The largest absolute Gasteiger partial charge is 0.466 e. The first kappa shape index (κ1) is 24.4. The molecule has 152 valence electrons. The van der Waals surface area contributed by atoms with Crippen molar-refractivity contribution < 1.29 is 23.9 Å². The molecule has 0 saturated heterocycles. The first-order valence-electron chi connectivity index (χ1n) is 10.2. The summed E-state index contributed by atoms with van der Waals surface area (Å²) in [4.78, 5) is 35.5. The molecule has 0 bridgehead atoms. The maximum atomic E-state index is 12.0. The van der Waals surface area contributed by atoms with Gasteiger partial charge in [0.2, 0.25) is 5.91 Å². The number of ether oxygens (including phenoxy) is 2. The van der Waals surface area contributed by atoms with Crippen molar-refractivity contribution in [1.82, 2.24) is 5.32 Å². The van der Waals surface area contributed by atoms with Crippen LogP contribution in [0.5, 0.6) is 0 Å². The molecule has 1 atom stereocenters. The molecule has 0 radical (unpaired) electrons. The number of hydrogen-bond donors (Lipinski definition) is 1. The molecule has 0 aromatic rings. The van der Waals surface area contributed by atoms with Gasteiger partial charge in [-0.05, 0) is 20.3 Å². The average Bonchev–Trinajstić information content (AvgIpc) is 2.60. The minimum Gasteiger partial charge on any atom is -0.466 e. The molecule has 0 spiro atoms. The molecule has 6 heteroatoms. The molecule has 6 nitrogen and oxygen atoms in total. The Hall–Kier alpha value is -1.59. The molecule has 26 heavy (non-hydrogen) atoms. The summed E-state index contributed by atoms with van der Waals surface area (Å²) in [5, 5.41) is 2.60. The Bertz CT molecular complexity index is 398. The number of esters is 2. The van der Waals surface area contributed by atoms with Gasteiger partial charge in [0.25, 0.3) is 0 Å². The Morgan fingerprint density at radius 1 is 0.769 bits per heavy atom. The zero-order valence-electron chi connectivity index (χ0n) is 16.8. The van der Waals surface area contributed by atoms with Gasteiger partial charge < -0.3 is 14.8 Å². The molecule has 1 unspecified atom stereocenters. The van der Waals surface area contributed by atoms with Crippen LogP contribution in [0.15, 0.2) is 0 Å². The van der Waals surface area contributed by atoms with Crippen molar-refractivity contribution >= 4 is 17.8 Å². The van der Waals surface area contributed by atoms with Crippen LogP contribution < -0.4 is 5.32 Å². The van der Waals surface area contributed by atoms with Crippen molar-refractivity contribution in [3.8, 4) is 0 Å². The fourth-order valence-electron chi connectivity index (χ4n) is 2.69. The summed E-state index contributed by atoms with van der Waals surface area (Å²) < 4.78 is 9.77. The van der Waals surface area contributed by atoms with E-state index < -0.39 is 18.0 Å². The summed E-state index contributed by atoms with van der Waals surface area (Å²) >= 11 is 0. The van der Waals surface area contributed by atoms with Crippen LogP contribution in [0, 0.1) is 0 Å². The maximum Gasteiger partial charge on any atom is 0.329 e. The van der Waals surface area contributed by atoms with Gasteiger partial charge in [-0.25, -0.2) is 4.79 Å². The number of nitrogens with one attached hydrogen (secondary N) is 1. The zero-order valence-corrected chi connectivity index (χ0v) is 16.8. The van der Waals surface area contributed by atoms with Crippen molar-refractivity contribution in [2.45, 2.75) is 97.4 Å². The van der Waals surface area contributed by atoms with E-state index in [9.17, 15) is 14.4 Å². The van der Waals surface area contributed by atoms with E-state index in [1.807, 2.05) is 0 Å². The number of unbranched alkanes of at least 4 members (excludes halogenated alkanes) is 8. The Kier molecular flexibility index (Phi) is 15.8. The van der Waals surface area contributed by atoms with E-state index >= 15 is 0 Å².